The van der Waals surface area contributed by atoms with Gasteiger partial charge in [0.1, 0.15) is 6.61 Å². The Kier molecular flexibility index (Phi) is 6.41. The maximum absolute atomic E-state index is 12.5. The van der Waals surface area contributed by atoms with Crippen molar-refractivity contribution in [2.45, 2.75) is 45.1 Å². The summed E-state index contributed by atoms with van der Waals surface area (Å²) < 4.78 is 27.6. The van der Waals surface area contributed by atoms with E-state index in [2.05, 4.69) is 30.4 Å². The highest BCUT2D eigenvalue weighted by Gasteiger charge is 2.20. The first-order valence-electron chi connectivity index (χ1n) is 6.99. The molecule has 0 fully saturated rings. The summed E-state index contributed by atoms with van der Waals surface area (Å²) in [6, 6.07) is 4.89. The number of rotatable bonds is 5. The first kappa shape index (κ1) is 17.7. The Labute approximate surface area is 127 Å². The van der Waals surface area contributed by atoms with Crippen LogP contribution in [0.2, 0.25) is 0 Å². The number of aryl methyl sites for hydroxylation is 1. The Hall–Kier alpha value is -1.35. The van der Waals surface area contributed by atoms with E-state index < -0.39 is 10.0 Å². The predicted molar refractivity (Wildman–Crippen MR) is 84.4 cm³/mol. The SMILES string of the molecule is Cc1ccc(C#CCO)cc1S(=O)(=O)NC(C)CC(C)C. The summed E-state index contributed by atoms with van der Waals surface area (Å²) in [7, 11) is -3.56. The highest BCUT2D eigenvalue weighted by molar-refractivity contribution is 7.89. The third kappa shape index (κ3) is 5.50. The third-order valence-corrected chi connectivity index (χ3v) is 4.70. The van der Waals surface area contributed by atoms with Gasteiger partial charge in [0.2, 0.25) is 10.0 Å². The first-order valence-corrected chi connectivity index (χ1v) is 8.47. The van der Waals surface area contributed by atoms with Crippen LogP contribution in [0.5, 0.6) is 0 Å². The van der Waals surface area contributed by atoms with Gasteiger partial charge in [0, 0.05) is 11.6 Å². The molecule has 2 N–H and O–H groups in total. The number of sulfonamides is 1. The Bertz CT molecular complexity index is 639. The van der Waals surface area contributed by atoms with Crippen LogP contribution in [0.3, 0.4) is 0 Å². The quantitative estimate of drug-likeness (QED) is 0.818. The molecule has 0 saturated heterocycles. The fourth-order valence-corrected chi connectivity index (χ4v) is 3.72. The average Bonchev–Trinajstić information content (AvgIpc) is 2.35. The largest absolute Gasteiger partial charge is 0.384 e. The minimum Gasteiger partial charge on any atom is -0.384 e. The number of aliphatic hydroxyl groups is 1. The molecule has 116 valence electrons. The summed E-state index contributed by atoms with van der Waals surface area (Å²) in [6.45, 7) is 7.48. The van der Waals surface area contributed by atoms with Crippen LogP contribution in [0.25, 0.3) is 0 Å². The van der Waals surface area contributed by atoms with E-state index in [1.165, 1.54) is 0 Å². The Morgan fingerprint density at radius 1 is 1.29 bits per heavy atom. The van der Waals surface area contributed by atoms with Crippen molar-refractivity contribution in [2.75, 3.05) is 6.61 Å². The average molecular weight is 309 g/mol. The summed E-state index contributed by atoms with van der Waals surface area (Å²) in [5, 5.41) is 8.71. The molecular formula is C16H23NO3S. The van der Waals surface area contributed by atoms with Crippen molar-refractivity contribution in [2.24, 2.45) is 5.92 Å². The normalized spacial score (nSPS) is 12.9. The molecule has 1 aromatic carbocycles. The molecule has 0 bridgehead atoms. The molecule has 21 heavy (non-hydrogen) atoms. The lowest BCUT2D eigenvalue weighted by molar-refractivity contribution is 0.350. The molecule has 0 amide bonds. The number of hydrogen-bond acceptors (Lipinski definition) is 3. The van der Waals surface area contributed by atoms with E-state index in [1.54, 1.807) is 25.1 Å². The van der Waals surface area contributed by atoms with E-state index >= 15 is 0 Å². The lowest BCUT2D eigenvalue weighted by Gasteiger charge is -2.17. The molecule has 1 unspecified atom stereocenters. The number of hydrogen-bond donors (Lipinski definition) is 2. The van der Waals surface area contributed by atoms with Crippen LogP contribution < -0.4 is 4.72 Å². The molecule has 0 spiro atoms. The molecule has 0 saturated carbocycles. The molecule has 0 aromatic heterocycles. The van der Waals surface area contributed by atoms with Gasteiger partial charge in [-0.3, -0.25) is 0 Å². The summed E-state index contributed by atoms with van der Waals surface area (Å²) in [5.41, 5.74) is 1.25. The van der Waals surface area contributed by atoms with Crippen LogP contribution >= 0.6 is 0 Å². The lowest BCUT2D eigenvalue weighted by Crippen LogP contribution is -2.33. The van der Waals surface area contributed by atoms with Gasteiger partial charge in [0.15, 0.2) is 0 Å². The van der Waals surface area contributed by atoms with Crippen LogP contribution in [-0.4, -0.2) is 26.2 Å². The van der Waals surface area contributed by atoms with Crippen molar-refractivity contribution in [1.29, 1.82) is 0 Å². The van der Waals surface area contributed by atoms with Gasteiger partial charge in [-0.15, -0.1) is 0 Å². The second kappa shape index (κ2) is 7.60. The third-order valence-electron chi connectivity index (χ3n) is 2.97. The van der Waals surface area contributed by atoms with Gasteiger partial charge in [0.05, 0.1) is 4.90 Å². The molecule has 0 aliphatic carbocycles. The molecule has 0 radical (unpaired) electrons. The number of nitrogens with one attached hydrogen (secondary N) is 1. The molecule has 0 aliphatic rings. The molecule has 0 aliphatic heterocycles. The molecule has 0 heterocycles. The van der Waals surface area contributed by atoms with E-state index in [0.29, 0.717) is 17.0 Å². The van der Waals surface area contributed by atoms with Gasteiger partial charge in [-0.2, -0.15) is 0 Å². The topological polar surface area (TPSA) is 66.4 Å². The monoisotopic (exact) mass is 309 g/mol. The zero-order valence-electron chi connectivity index (χ0n) is 13.0. The van der Waals surface area contributed by atoms with Crippen LogP contribution in [-0.2, 0) is 10.0 Å². The van der Waals surface area contributed by atoms with Crippen molar-refractivity contribution >= 4 is 10.0 Å². The Morgan fingerprint density at radius 2 is 1.95 bits per heavy atom. The van der Waals surface area contributed by atoms with Crippen molar-refractivity contribution in [3.8, 4) is 11.8 Å². The Morgan fingerprint density at radius 3 is 2.52 bits per heavy atom. The summed E-state index contributed by atoms with van der Waals surface area (Å²) >= 11 is 0. The van der Waals surface area contributed by atoms with E-state index in [0.717, 1.165) is 6.42 Å². The van der Waals surface area contributed by atoms with E-state index in [9.17, 15) is 8.42 Å². The van der Waals surface area contributed by atoms with Crippen LogP contribution in [0.15, 0.2) is 23.1 Å². The van der Waals surface area contributed by atoms with Gasteiger partial charge in [-0.25, -0.2) is 13.1 Å². The second-order valence-electron chi connectivity index (χ2n) is 5.59. The van der Waals surface area contributed by atoms with Gasteiger partial charge < -0.3 is 5.11 Å². The predicted octanol–water partition coefficient (Wildman–Crippen LogP) is 2.05. The van der Waals surface area contributed by atoms with E-state index in [-0.39, 0.29) is 17.5 Å². The Balaban J connectivity index is 3.07. The zero-order chi connectivity index (χ0) is 16.0. The van der Waals surface area contributed by atoms with Crippen LogP contribution in [0.4, 0.5) is 0 Å². The first-order chi connectivity index (χ1) is 9.76. The minimum absolute atomic E-state index is 0.124. The van der Waals surface area contributed by atoms with Gasteiger partial charge in [-0.05, 0) is 43.9 Å². The van der Waals surface area contributed by atoms with Crippen LogP contribution in [0.1, 0.15) is 38.3 Å². The molecule has 4 nitrogen and oxygen atoms in total. The van der Waals surface area contributed by atoms with E-state index in [4.69, 9.17) is 5.11 Å². The molecule has 5 heteroatoms. The van der Waals surface area contributed by atoms with Gasteiger partial charge in [0.25, 0.3) is 0 Å². The van der Waals surface area contributed by atoms with Crippen LogP contribution in [0, 0.1) is 24.7 Å². The van der Waals surface area contributed by atoms with E-state index in [1.807, 2.05) is 6.92 Å². The molecule has 1 rings (SSSR count). The summed E-state index contributed by atoms with van der Waals surface area (Å²) in [6.07, 6.45) is 0.780. The summed E-state index contributed by atoms with van der Waals surface area (Å²) in [4.78, 5) is 0.239. The standard InChI is InChI=1S/C16H23NO3S/c1-12(2)10-14(4)17-21(19,20)16-11-15(6-5-9-18)8-7-13(16)3/h7-8,11-12,14,17-18H,9-10H2,1-4H3. The molecule has 1 aromatic rings. The number of benzene rings is 1. The lowest BCUT2D eigenvalue weighted by atomic mass is 10.1. The molecule has 1 atom stereocenters. The second-order valence-corrected chi connectivity index (χ2v) is 7.27. The maximum atomic E-state index is 12.5. The number of aliphatic hydroxyl groups excluding tert-OH is 1. The molecular weight excluding hydrogens is 286 g/mol. The van der Waals surface area contributed by atoms with Crippen molar-refractivity contribution in [3.63, 3.8) is 0 Å². The highest BCUT2D eigenvalue weighted by Crippen LogP contribution is 2.18. The zero-order valence-corrected chi connectivity index (χ0v) is 13.8. The van der Waals surface area contributed by atoms with Crippen molar-refractivity contribution in [3.05, 3.63) is 29.3 Å². The van der Waals surface area contributed by atoms with Crippen molar-refractivity contribution in [1.82, 2.24) is 4.72 Å². The maximum Gasteiger partial charge on any atom is 0.241 e. The van der Waals surface area contributed by atoms with Gasteiger partial charge in [-0.1, -0.05) is 31.8 Å². The minimum atomic E-state index is -3.56. The van der Waals surface area contributed by atoms with Crippen molar-refractivity contribution < 1.29 is 13.5 Å². The fourth-order valence-electron chi connectivity index (χ4n) is 2.19. The smallest absolute Gasteiger partial charge is 0.241 e. The fraction of sp³-hybridized carbons (Fsp3) is 0.500. The highest BCUT2D eigenvalue weighted by atomic mass is 32.2. The summed E-state index contributed by atoms with van der Waals surface area (Å²) in [5.74, 6) is 5.67. The van der Waals surface area contributed by atoms with Gasteiger partial charge >= 0.3 is 0 Å².